The molecule has 1 saturated heterocycles. The van der Waals surface area contributed by atoms with Crippen molar-refractivity contribution >= 4 is 23.6 Å². The number of unbranched alkanes of at least 4 members (excludes halogenated alkanes) is 2. The predicted octanol–water partition coefficient (Wildman–Crippen LogP) is 3.98. The number of hydrogen-bond donors (Lipinski definition) is 1. The van der Waals surface area contributed by atoms with E-state index in [0.29, 0.717) is 17.9 Å². The number of amides is 2. The van der Waals surface area contributed by atoms with Crippen molar-refractivity contribution in [1.29, 1.82) is 0 Å². The van der Waals surface area contributed by atoms with Gasteiger partial charge in [0.1, 0.15) is 17.2 Å². The minimum Gasteiger partial charge on any atom is -0.472 e. The first-order chi connectivity index (χ1) is 13.1. The van der Waals surface area contributed by atoms with Crippen LogP contribution in [0.5, 0.6) is 0 Å². The number of nitrogens with one attached hydrogen (secondary N) is 1. The van der Waals surface area contributed by atoms with Gasteiger partial charge < -0.3 is 14.6 Å². The van der Waals surface area contributed by atoms with Crippen molar-refractivity contribution in [2.75, 3.05) is 12.3 Å². The maximum absolute atomic E-state index is 13.2. The van der Waals surface area contributed by atoms with Crippen LogP contribution in [-0.2, 0) is 4.79 Å². The smallest absolute Gasteiger partial charge is 0.255 e. The Morgan fingerprint density at radius 1 is 1.26 bits per heavy atom. The Labute approximate surface area is 162 Å². The van der Waals surface area contributed by atoms with Crippen molar-refractivity contribution in [1.82, 2.24) is 10.2 Å². The molecule has 7 heteroatoms. The summed E-state index contributed by atoms with van der Waals surface area (Å²) in [4.78, 5) is 27.4. The second kappa shape index (κ2) is 9.08. The number of thioether (sulfide) groups is 1. The third-order valence-electron chi connectivity index (χ3n) is 4.54. The van der Waals surface area contributed by atoms with Crippen LogP contribution in [0, 0.1) is 5.82 Å². The largest absolute Gasteiger partial charge is 0.472 e. The minimum absolute atomic E-state index is 0.153. The van der Waals surface area contributed by atoms with Crippen LogP contribution >= 0.6 is 11.8 Å². The molecule has 1 N–H and O–H groups in total. The van der Waals surface area contributed by atoms with E-state index in [-0.39, 0.29) is 17.2 Å². The van der Waals surface area contributed by atoms with Crippen LogP contribution in [-0.4, -0.2) is 35.1 Å². The second-order valence-corrected chi connectivity index (χ2v) is 7.59. The van der Waals surface area contributed by atoms with Gasteiger partial charge in [-0.15, -0.1) is 11.8 Å². The Kier molecular flexibility index (Phi) is 6.55. The molecule has 27 heavy (non-hydrogen) atoms. The summed E-state index contributed by atoms with van der Waals surface area (Å²) in [5.74, 6) is -0.346. The molecule has 5 nitrogen and oxygen atoms in total. The molecule has 2 amide bonds. The molecule has 2 heterocycles. The van der Waals surface area contributed by atoms with Gasteiger partial charge in [0.25, 0.3) is 5.91 Å². The lowest BCUT2D eigenvalue weighted by Gasteiger charge is -2.28. The van der Waals surface area contributed by atoms with E-state index in [1.807, 2.05) is 0 Å². The zero-order valence-electron chi connectivity index (χ0n) is 15.2. The molecule has 0 radical (unpaired) electrons. The van der Waals surface area contributed by atoms with E-state index in [1.165, 1.54) is 36.0 Å². The van der Waals surface area contributed by atoms with Crippen LogP contribution in [0.15, 0.2) is 47.3 Å². The first-order valence-corrected chi connectivity index (χ1v) is 10.2. The zero-order valence-corrected chi connectivity index (χ0v) is 16.0. The van der Waals surface area contributed by atoms with Gasteiger partial charge in [-0.3, -0.25) is 9.59 Å². The molecule has 0 bridgehead atoms. The topological polar surface area (TPSA) is 62.6 Å². The summed E-state index contributed by atoms with van der Waals surface area (Å²) in [6.45, 7) is 2.71. The van der Waals surface area contributed by atoms with Crippen LogP contribution in [0.4, 0.5) is 4.39 Å². The van der Waals surface area contributed by atoms with Gasteiger partial charge in [0.15, 0.2) is 0 Å². The molecule has 1 aliphatic heterocycles. The number of carbonyl (C=O) groups is 2. The maximum Gasteiger partial charge on any atom is 0.255 e. The fourth-order valence-corrected chi connectivity index (χ4v) is 4.48. The number of rotatable bonds is 7. The highest BCUT2D eigenvalue weighted by Crippen LogP contribution is 2.42. The standard InChI is InChI=1S/C20H23FN2O3S/c1-2-3-4-10-22-18(24)17-13-27-20(15-9-11-26-12-15)23(17)19(25)14-5-7-16(21)8-6-14/h5-9,11-12,17,20H,2-4,10,13H2,1H3,(H,22,24). The van der Waals surface area contributed by atoms with Gasteiger partial charge >= 0.3 is 0 Å². The molecular weight excluding hydrogens is 367 g/mol. The molecule has 2 atom stereocenters. The monoisotopic (exact) mass is 390 g/mol. The molecule has 1 aromatic carbocycles. The minimum atomic E-state index is -0.575. The fourth-order valence-electron chi connectivity index (χ4n) is 3.07. The zero-order chi connectivity index (χ0) is 19.2. The van der Waals surface area contributed by atoms with Crippen LogP contribution < -0.4 is 5.32 Å². The third kappa shape index (κ3) is 4.53. The van der Waals surface area contributed by atoms with Gasteiger partial charge in [0.2, 0.25) is 5.91 Å². The number of nitrogens with zero attached hydrogens (tertiary/aromatic N) is 1. The molecule has 1 fully saturated rings. The van der Waals surface area contributed by atoms with Crippen LogP contribution in [0.25, 0.3) is 0 Å². The van der Waals surface area contributed by atoms with Crippen molar-refractivity contribution in [3.05, 3.63) is 59.8 Å². The van der Waals surface area contributed by atoms with Crippen LogP contribution in [0.2, 0.25) is 0 Å². The Hall–Kier alpha value is -2.28. The van der Waals surface area contributed by atoms with Crippen molar-refractivity contribution < 1.29 is 18.4 Å². The van der Waals surface area contributed by atoms with E-state index >= 15 is 0 Å². The fraction of sp³-hybridized carbons (Fsp3) is 0.400. The third-order valence-corrected chi connectivity index (χ3v) is 5.86. The molecule has 0 aliphatic carbocycles. The number of halogens is 1. The predicted molar refractivity (Wildman–Crippen MR) is 103 cm³/mol. The Balaban J connectivity index is 1.80. The maximum atomic E-state index is 13.2. The van der Waals surface area contributed by atoms with E-state index in [9.17, 15) is 14.0 Å². The SMILES string of the molecule is CCCCCNC(=O)C1CSC(c2ccoc2)N1C(=O)c1ccc(F)cc1. The van der Waals surface area contributed by atoms with Gasteiger partial charge in [-0.2, -0.15) is 0 Å². The van der Waals surface area contributed by atoms with Gasteiger partial charge in [-0.05, 0) is 36.8 Å². The normalized spacial score (nSPS) is 19.3. The van der Waals surface area contributed by atoms with Gasteiger partial charge in [0, 0.05) is 23.4 Å². The summed E-state index contributed by atoms with van der Waals surface area (Å²) in [7, 11) is 0. The average Bonchev–Trinajstić information content (AvgIpc) is 3.34. The lowest BCUT2D eigenvalue weighted by atomic mass is 10.1. The molecule has 0 saturated carbocycles. The summed E-state index contributed by atoms with van der Waals surface area (Å²) in [6, 6.07) is 6.62. The quantitative estimate of drug-likeness (QED) is 0.727. The lowest BCUT2D eigenvalue weighted by Crippen LogP contribution is -2.48. The Bertz CT molecular complexity index is 764. The van der Waals surface area contributed by atoms with Crippen molar-refractivity contribution in [2.45, 2.75) is 37.6 Å². The van der Waals surface area contributed by atoms with E-state index in [0.717, 1.165) is 24.8 Å². The molecule has 1 aromatic heterocycles. The molecule has 2 unspecified atom stereocenters. The van der Waals surface area contributed by atoms with Gasteiger partial charge in [-0.25, -0.2) is 4.39 Å². The molecule has 1 aliphatic rings. The van der Waals surface area contributed by atoms with Crippen LogP contribution in [0.3, 0.4) is 0 Å². The highest BCUT2D eigenvalue weighted by atomic mass is 32.2. The molecule has 3 rings (SSSR count). The summed E-state index contributed by atoms with van der Waals surface area (Å²) in [6.07, 6.45) is 6.18. The summed E-state index contributed by atoms with van der Waals surface area (Å²) < 4.78 is 18.4. The number of carbonyl (C=O) groups excluding carboxylic acids is 2. The highest BCUT2D eigenvalue weighted by Gasteiger charge is 2.42. The first kappa shape index (κ1) is 19.5. The van der Waals surface area contributed by atoms with E-state index < -0.39 is 11.9 Å². The van der Waals surface area contributed by atoms with Crippen LogP contribution in [0.1, 0.15) is 47.5 Å². The first-order valence-electron chi connectivity index (χ1n) is 9.11. The molecule has 144 valence electrons. The molecule has 2 aromatic rings. The number of hydrogen-bond acceptors (Lipinski definition) is 4. The van der Waals surface area contributed by atoms with E-state index in [4.69, 9.17) is 4.42 Å². The molecular formula is C20H23FN2O3S. The lowest BCUT2D eigenvalue weighted by molar-refractivity contribution is -0.124. The summed E-state index contributed by atoms with van der Waals surface area (Å²) in [5, 5.41) is 2.63. The number of benzene rings is 1. The van der Waals surface area contributed by atoms with Crippen molar-refractivity contribution in [2.24, 2.45) is 0 Å². The van der Waals surface area contributed by atoms with Crippen molar-refractivity contribution in [3.63, 3.8) is 0 Å². The van der Waals surface area contributed by atoms with E-state index in [2.05, 4.69) is 12.2 Å². The molecule has 0 spiro atoms. The highest BCUT2D eigenvalue weighted by molar-refractivity contribution is 7.99. The van der Waals surface area contributed by atoms with Crippen molar-refractivity contribution in [3.8, 4) is 0 Å². The average molecular weight is 390 g/mol. The second-order valence-electron chi connectivity index (χ2n) is 6.48. The summed E-state index contributed by atoms with van der Waals surface area (Å²) >= 11 is 1.52. The summed E-state index contributed by atoms with van der Waals surface area (Å²) in [5.41, 5.74) is 1.19. The van der Waals surface area contributed by atoms with Gasteiger partial charge in [0.05, 0.1) is 12.5 Å². The number of furan rings is 1. The Morgan fingerprint density at radius 2 is 2.04 bits per heavy atom. The van der Waals surface area contributed by atoms with E-state index in [1.54, 1.807) is 23.5 Å². The van der Waals surface area contributed by atoms with Gasteiger partial charge in [-0.1, -0.05) is 19.8 Å². The Morgan fingerprint density at radius 3 is 2.70 bits per heavy atom.